The summed E-state index contributed by atoms with van der Waals surface area (Å²) < 4.78 is 0. The van der Waals surface area contributed by atoms with Crippen molar-refractivity contribution in [3.05, 3.63) is 0 Å². The number of piperazine rings is 1. The predicted octanol–water partition coefficient (Wildman–Crippen LogP) is 0.689. The van der Waals surface area contributed by atoms with Gasteiger partial charge in [0.15, 0.2) is 0 Å². The highest BCUT2D eigenvalue weighted by molar-refractivity contribution is 4.80. The van der Waals surface area contributed by atoms with Crippen molar-refractivity contribution in [1.82, 2.24) is 10.2 Å². The van der Waals surface area contributed by atoms with Gasteiger partial charge < -0.3 is 10.2 Å². The van der Waals surface area contributed by atoms with E-state index in [4.69, 9.17) is 0 Å². The molecule has 60 valence electrons. The van der Waals surface area contributed by atoms with Gasteiger partial charge in [-0.2, -0.15) is 0 Å². The van der Waals surface area contributed by atoms with E-state index in [1.165, 1.54) is 19.5 Å². The maximum Gasteiger partial charge on any atom is 0.0195 e. The fraction of sp³-hybridized carbons (Fsp3) is 1.00. The number of nitrogens with zero attached hydrogens (tertiary/aromatic N) is 1. The van der Waals surface area contributed by atoms with Crippen LogP contribution in [-0.4, -0.2) is 37.1 Å². The van der Waals surface area contributed by atoms with E-state index in [-0.39, 0.29) is 0 Å². The van der Waals surface area contributed by atoms with Gasteiger partial charge in [-0.1, -0.05) is 6.92 Å². The molecule has 2 nitrogen and oxygen atoms in total. The van der Waals surface area contributed by atoms with Crippen LogP contribution in [0.15, 0.2) is 0 Å². The second-order valence-electron chi connectivity index (χ2n) is 3.39. The van der Waals surface area contributed by atoms with Crippen molar-refractivity contribution < 1.29 is 0 Å². The minimum atomic E-state index is 0.670. The molecular weight excluding hydrogens is 124 g/mol. The van der Waals surface area contributed by atoms with Crippen molar-refractivity contribution in [3.8, 4) is 0 Å². The van der Waals surface area contributed by atoms with E-state index < -0.39 is 0 Å². The molecule has 0 aromatic carbocycles. The van der Waals surface area contributed by atoms with E-state index in [0.29, 0.717) is 12.1 Å². The molecule has 2 atom stereocenters. The Hall–Kier alpha value is -0.0800. The molecule has 1 rings (SSSR count). The van der Waals surface area contributed by atoms with Crippen molar-refractivity contribution in [2.45, 2.75) is 32.4 Å². The molecule has 1 fully saturated rings. The number of hydrogen-bond donors (Lipinski definition) is 1. The summed E-state index contributed by atoms with van der Waals surface area (Å²) in [7, 11) is 2.19. The summed E-state index contributed by atoms with van der Waals surface area (Å²) in [4.78, 5) is 2.40. The average Bonchev–Trinajstić information content (AvgIpc) is 1.85. The molecule has 0 unspecified atom stereocenters. The van der Waals surface area contributed by atoms with Gasteiger partial charge in [0.2, 0.25) is 0 Å². The van der Waals surface area contributed by atoms with Crippen molar-refractivity contribution in [2.75, 3.05) is 20.1 Å². The lowest BCUT2D eigenvalue weighted by Gasteiger charge is -2.34. The van der Waals surface area contributed by atoms with Crippen LogP contribution in [0, 0.1) is 0 Å². The van der Waals surface area contributed by atoms with Crippen LogP contribution in [0.5, 0.6) is 0 Å². The van der Waals surface area contributed by atoms with Crippen LogP contribution in [0.1, 0.15) is 20.3 Å². The maximum atomic E-state index is 3.55. The second-order valence-corrected chi connectivity index (χ2v) is 3.39. The molecule has 2 heteroatoms. The molecule has 1 saturated heterocycles. The van der Waals surface area contributed by atoms with E-state index >= 15 is 0 Å². The van der Waals surface area contributed by atoms with Gasteiger partial charge in [0.05, 0.1) is 0 Å². The van der Waals surface area contributed by atoms with Gasteiger partial charge in [-0.3, -0.25) is 0 Å². The fourth-order valence-electron chi connectivity index (χ4n) is 1.67. The van der Waals surface area contributed by atoms with Crippen molar-refractivity contribution in [2.24, 2.45) is 0 Å². The summed E-state index contributed by atoms with van der Waals surface area (Å²) >= 11 is 0. The minimum Gasteiger partial charge on any atom is -0.309 e. The molecule has 0 radical (unpaired) electrons. The zero-order valence-electron chi connectivity index (χ0n) is 7.22. The Morgan fingerprint density at radius 1 is 1.50 bits per heavy atom. The summed E-state index contributed by atoms with van der Waals surface area (Å²) in [6, 6.07) is 1.39. The molecule has 0 aliphatic carbocycles. The molecule has 1 N–H and O–H groups in total. The molecule has 0 spiro atoms. The van der Waals surface area contributed by atoms with E-state index in [9.17, 15) is 0 Å². The molecule has 1 aliphatic heterocycles. The van der Waals surface area contributed by atoms with Crippen LogP contribution >= 0.6 is 0 Å². The number of likely N-dealkylation sites (N-methyl/N-ethyl adjacent to an activating group) is 1. The third kappa shape index (κ3) is 1.96. The van der Waals surface area contributed by atoms with E-state index in [0.717, 1.165) is 0 Å². The first-order valence-electron chi connectivity index (χ1n) is 4.17. The van der Waals surface area contributed by atoms with Gasteiger partial charge in [0.1, 0.15) is 0 Å². The second kappa shape index (κ2) is 3.35. The van der Waals surface area contributed by atoms with Crippen LogP contribution in [0.3, 0.4) is 0 Å². The number of rotatable bonds is 1. The van der Waals surface area contributed by atoms with Crippen LogP contribution in [0.4, 0.5) is 0 Å². The third-order valence-electron chi connectivity index (χ3n) is 2.13. The summed E-state index contributed by atoms with van der Waals surface area (Å²) in [5.41, 5.74) is 0. The van der Waals surface area contributed by atoms with Crippen LogP contribution in [-0.2, 0) is 0 Å². The van der Waals surface area contributed by atoms with Gasteiger partial charge >= 0.3 is 0 Å². The SMILES string of the molecule is CC[C@H]1CN(C)C[C@@H](C)N1. The molecule has 0 saturated carbocycles. The van der Waals surface area contributed by atoms with Crippen molar-refractivity contribution >= 4 is 0 Å². The summed E-state index contributed by atoms with van der Waals surface area (Å²) in [6.07, 6.45) is 1.24. The molecule has 0 aromatic heterocycles. The Morgan fingerprint density at radius 2 is 2.20 bits per heavy atom. The van der Waals surface area contributed by atoms with Crippen LogP contribution < -0.4 is 5.32 Å². The Balaban J connectivity index is 2.35. The maximum absolute atomic E-state index is 3.55. The van der Waals surface area contributed by atoms with Gasteiger partial charge in [0.25, 0.3) is 0 Å². The largest absolute Gasteiger partial charge is 0.309 e. The molecule has 10 heavy (non-hydrogen) atoms. The Kier molecular flexibility index (Phi) is 2.69. The standard InChI is InChI=1S/C8H18N2/c1-4-8-6-10(3)5-7(2)9-8/h7-9H,4-6H2,1-3H3/t7-,8+/m1/s1. The van der Waals surface area contributed by atoms with Crippen LogP contribution in [0.2, 0.25) is 0 Å². The van der Waals surface area contributed by atoms with E-state index in [2.05, 4.69) is 31.1 Å². The lowest BCUT2D eigenvalue weighted by molar-refractivity contribution is 0.196. The van der Waals surface area contributed by atoms with Crippen LogP contribution in [0.25, 0.3) is 0 Å². The fourth-order valence-corrected chi connectivity index (χ4v) is 1.67. The Morgan fingerprint density at radius 3 is 2.70 bits per heavy atom. The highest BCUT2D eigenvalue weighted by Gasteiger charge is 2.18. The quantitative estimate of drug-likeness (QED) is 0.579. The third-order valence-corrected chi connectivity index (χ3v) is 2.13. The smallest absolute Gasteiger partial charge is 0.0195 e. The zero-order valence-corrected chi connectivity index (χ0v) is 7.22. The monoisotopic (exact) mass is 142 g/mol. The Bertz CT molecular complexity index is 93.4. The predicted molar refractivity (Wildman–Crippen MR) is 44.2 cm³/mol. The lowest BCUT2D eigenvalue weighted by atomic mass is 10.1. The zero-order chi connectivity index (χ0) is 7.56. The van der Waals surface area contributed by atoms with Gasteiger partial charge in [0, 0.05) is 25.2 Å². The summed E-state index contributed by atoms with van der Waals surface area (Å²) in [5.74, 6) is 0. The number of nitrogens with one attached hydrogen (secondary N) is 1. The van der Waals surface area contributed by atoms with Crippen molar-refractivity contribution in [3.63, 3.8) is 0 Å². The topological polar surface area (TPSA) is 15.3 Å². The molecule has 1 aliphatic rings. The highest BCUT2D eigenvalue weighted by atomic mass is 15.2. The molecular formula is C8H18N2. The minimum absolute atomic E-state index is 0.670. The first kappa shape index (κ1) is 8.02. The van der Waals surface area contributed by atoms with E-state index in [1.807, 2.05) is 0 Å². The molecule has 0 amide bonds. The summed E-state index contributed by atoms with van der Waals surface area (Å²) in [6.45, 7) is 6.89. The van der Waals surface area contributed by atoms with Crippen molar-refractivity contribution in [1.29, 1.82) is 0 Å². The Labute approximate surface area is 63.6 Å². The van der Waals surface area contributed by atoms with Gasteiger partial charge in [-0.15, -0.1) is 0 Å². The van der Waals surface area contributed by atoms with E-state index in [1.54, 1.807) is 0 Å². The van der Waals surface area contributed by atoms with Gasteiger partial charge in [-0.25, -0.2) is 0 Å². The first-order chi connectivity index (χ1) is 4.72. The highest BCUT2D eigenvalue weighted by Crippen LogP contribution is 2.03. The molecule has 0 bridgehead atoms. The van der Waals surface area contributed by atoms with Gasteiger partial charge in [-0.05, 0) is 20.4 Å². The first-order valence-corrected chi connectivity index (χ1v) is 4.17. The summed E-state index contributed by atoms with van der Waals surface area (Å²) in [5, 5.41) is 3.55. The lowest BCUT2D eigenvalue weighted by Crippen LogP contribution is -2.53. The molecule has 0 aromatic rings. The normalized spacial score (nSPS) is 36.3. The molecule has 1 heterocycles. The average molecular weight is 142 g/mol. The number of hydrogen-bond acceptors (Lipinski definition) is 2.